The van der Waals surface area contributed by atoms with Gasteiger partial charge >= 0.3 is 6.09 Å². The van der Waals surface area contributed by atoms with Crippen LogP contribution >= 0.6 is 0 Å². The van der Waals surface area contributed by atoms with Crippen LogP contribution in [0.3, 0.4) is 0 Å². The molecule has 0 aromatic heterocycles. The zero-order valence-corrected chi connectivity index (χ0v) is 12.2. The van der Waals surface area contributed by atoms with Gasteiger partial charge in [-0.3, -0.25) is 4.90 Å². The van der Waals surface area contributed by atoms with Gasteiger partial charge in [-0.25, -0.2) is 4.79 Å². The van der Waals surface area contributed by atoms with E-state index in [1.165, 1.54) is 0 Å². The number of nitrogens with one attached hydrogen (secondary N) is 1. The van der Waals surface area contributed by atoms with E-state index in [0.717, 1.165) is 12.1 Å². The van der Waals surface area contributed by atoms with Crippen LogP contribution in [0, 0.1) is 0 Å². The highest BCUT2D eigenvalue weighted by atomic mass is 16.5. The third-order valence-electron chi connectivity index (χ3n) is 3.82. The summed E-state index contributed by atoms with van der Waals surface area (Å²) in [5.41, 5.74) is 0.354. The first kappa shape index (κ1) is 15.8. The molecule has 1 aromatic rings. The molecule has 1 fully saturated rings. The number of carbonyl (C=O) groups excluding carboxylic acids is 1. The second-order valence-corrected chi connectivity index (χ2v) is 5.27. The molecule has 0 bridgehead atoms. The Kier molecular flexibility index (Phi) is 5.55. The molecule has 1 aliphatic rings. The summed E-state index contributed by atoms with van der Waals surface area (Å²) in [6.45, 7) is 2.18. The largest absolute Gasteiger partial charge is 0.445 e. The topological polar surface area (TPSA) is 71.0 Å². The van der Waals surface area contributed by atoms with Crippen LogP contribution in [0.25, 0.3) is 0 Å². The minimum atomic E-state index is -0.579. The molecule has 1 heterocycles. The molecule has 1 unspecified atom stereocenters. The zero-order valence-electron chi connectivity index (χ0n) is 12.2. The Balaban J connectivity index is 1.79. The molecule has 1 amide bonds. The number of hydrogen-bond acceptors (Lipinski definition) is 5. The van der Waals surface area contributed by atoms with Gasteiger partial charge in [-0.2, -0.15) is 0 Å². The normalized spacial score (nSPS) is 22.8. The molecule has 1 aromatic carbocycles. The first-order valence-corrected chi connectivity index (χ1v) is 7.01. The smallest absolute Gasteiger partial charge is 0.407 e. The van der Waals surface area contributed by atoms with E-state index < -0.39 is 11.6 Å². The Labute approximate surface area is 124 Å². The van der Waals surface area contributed by atoms with E-state index in [1.54, 1.807) is 0 Å². The molecule has 0 radical (unpaired) electrons. The van der Waals surface area contributed by atoms with E-state index in [2.05, 4.69) is 5.32 Å². The van der Waals surface area contributed by atoms with Gasteiger partial charge < -0.3 is 19.9 Å². The summed E-state index contributed by atoms with van der Waals surface area (Å²) in [6, 6.07) is 9.49. The molecule has 0 spiro atoms. The van der Waals surface area contributed by atoms with Crippen LogP contribution in [0.15, 0.2) is 30.3 Å². The van der Waals surface area contributed by atoms with Gasteiger partial charge in [0.05, 0.1) is 25.4 Å². The number of alkyl carbamates (subject to hydrolysis) is 1. The van der Waals surface area contributed by atoms with Crippen molar-refractivity contribution in [2.75, 3.05) is 40.0 Å². The fourth-order valence-corrected chi connectivity index (χ4v) is 2.23. The van der Waals surface area contributed by atoms with E-state index in [9.17, 15) is 9.90 Å². The Hall–Kier alpha value is -1.63. The predicted molar refractivity (Wildman–Crippen MR) is 77.9 cm³/mol. The lowest BCUT2D eigenvalue weighted by atomic mass is 9.98. The molecule has 0 saturated carbocycles. The lowest BCUT2D eigenvalue weighted by molar-refractivity contribution is -0.0777. The fraction of sp³-hybridized carbons (Fsp3) is 0.533. The average molecular weight is 294 g/mol. The number of aliphatic hydroxyl groups is 1. The lowest BCUT2D eigenvalue weighted by Gasteiger charge is -2.43. The van der Waals surface area contributed by atoms with Gasteiger partial charge in [0.2, 0.25) is 0 Å². The molecule has 1 saturated heterocycles. The fourth-order valence-electron chi connectivity index (χ4n) is 2.23. The maximum Gasteiger partial charge on any atom is 0.407 e. The maximum atomic E-state index is 11.7. The minimum Gasteiger partial charge on any atom is -0.445 e. The van der Waals surface area contributed by atoms with Crippen molar-refractivity contribution in [1.82, 2.24) is 10.2 Å². The molecule has 2 N–H and O–H groups in total. The van der Waals surface area contributed by atoms with Crippen molar-refractivity contribution in [1.29, 1.82) is 0 Å². The van der Waals surface area contributed by atoms with Crippen LogP contribution in [0.1, 0.15) is 5.56 Å². The van der Waals surface area contributed by atoms with Crippen LogP contribution in [-0.4, -0.2) is 61.6 Å². The zero-order chi connectivity index (χ0) is 15.1. The number of hydrogen-bond donors (Lipinski definition) is 2. The molecule has 116 valence electrons. The predicted octanol–water partition coefficient (Wildman–Crippen LogP) is 0.606. The van der Waals surface area contributed by atoms with Gasteiger partial charge in [-0.05, 0) is 12.6 Å². The highest BCUT2D eigenvalue weighted by Gasteiger charge is 2.37. The Bertz CT molecular complexity index is 454. The molecule has 2 rings (SSSR count). The number of carbonyl (C=O) groups is 1. The number of ether oxygens (including phenoxy) is 2. The van der Waals surface area contributed by atoms with Gasteiger partial charge in [0.25, 0.3) is 0 Å². The van der Waals surface area contributed by atoms with Gasteiger partial charge in [0.1, 0.15) is 6.61 Å². The van der Waals surface area contributed by atoms with Gasteiger partial charge in [-0.1, -0.05) is 30.3 Å². The lowest BCUT2D eigenvalue weighted by Crippen LogP contribution is -2.63. The summed E-state index contributed by atoms with van der Waals surface area (Å²) in [7, 11) is 1.91. The van der Waals surface area contributed by atoms with Crippen LogP contribution in [0.4, 0.5) is 4.79 Å². The summed E-state index contributed by atoms with van der Waals surface area (Å²) < 4.78 is 10.6. The van der Waals surface area contributed by atoms with E-state index in [1.807, 2.05) is 42.3 Å². The van der Waals surface area contributed by atoms with Crippen molar-refractivity contribution in [2.45, 2.75) is 12.1 Å². The van der Waals surface area contributed by atoms with Gasteiger partial charge in [0, 0.05) is 13.1 Å². The minimum absolute atomic E-state index is 0.0809. The standard InChI is InChI=1S/C15H22N2O4/c1-17-7-8-20-12-15(17,11-18)10-16-14(19)21-9-13-5-3-2-4-6-13/h2-6,18H,7-12H2,1H3,(H,16,19). The van der Waals surface area contributed by atoms with Crippen LogP contribution in [-0.2, 0) is 16.1 Å². The van der Waals surface area contributed by atoms with Crippen molar-refractivity contribution in [3.05, 3.63) is 35.9 Å². The van der Waals surface area contributed by atoms with E-state index in [4.69, 9.17) is 9.47 Å². The number of likely N-dealkylation sites (N-methyl/N-ethyl adjacent to an activating group) is 1. The average Bonchev–Trinajstić information content (AvgIpc) is 2.53. The molecular formula is C15H22N2O4. The molecule has 6 heteroatoms. The highest BCUT2D eigenvalue weighted by molar-refractivity contribution is 5.67. The van der Waals surface area contributed by atoms with Crippen molar-refractivity contribution in [3.8, 4) is 0 Å². The van der Waals surface area contributed by atoms with Gasteiger partial charge in [0.15, 0.2) is 0 Å². The van der Waals surface area contributed by atoms with E-state index >= 15 is 0 Å². The number of rotatable bonds is 5. The summed E-state index contributed by atoms with van der Waals surface area (Å²) in [5.74, 6) is 0. The van der Waals surface area contributed by atoms with Crippen molar-refractivity contribution < 1.29 is 19.4 Å². The van der Waals surface area contributed by atoms with E-state index in [0.29, 0.717) is 13.2 Å². The molecule has 0 aliphatic carbocycles. The first-order chi connectivity index (χ1) is 10.2. The SMILES string of the molecule is CN1CCOCC1(CO)CNC(=O)OCc1ccccc1. The molecule has 1 atom stereocenters. The second-order valence-electron chi connectivity index (χ2n) is 5.27. The molecule has 1 aliphatic heterocycles. The maximum absolute atomic E-state index is 11.7. The Morgan fingerprint density at radius 3 is 2.90 bits per heavy atom. The highest BCUT2D eigenvalue weighted by Crippen LogP contribution is 2.17. The molecule has 21 heavy (non-hydrogen) atoms. The third-order valence-corrected chi connectivity index (χ3v) is 3.82. The summed E-state index contributed by atoms with van der Waals surface area (Å²) in [5, 5.41) is 12.3. The van der Waals surface area contributed by atoms with Crippen LogP contribution in [0.5, 0.6) is 0 Å². The van der Waals surface area contributed by atoms with Crippen molar-refractivity contribution in [2.24, 2.45) is 0 Å². The van der Waals surface area contributed by atoms with E-state index in [-0.39, 0.29) is 19.8 Å². The number of amides is 1. The number of nitrogens with zero attached hydrogens (tertiary/aromatic N) is 1. The quantitative estimate of drug-likeness (QED) is 0.832. The third kappa shape index (κ3) is 4.17. The van der Waals surface area contributed by atoms with Crippen molar-refractivity contribution >= 4 is 6.09 Å². The van der Waals surface area contributed by atoms with Gasteiger partial charge in [-0.15, -0.1) is 0 Å². The summed E-state index contributed by atoms with van der Waals surface area (Å²) in [4.78, 5) is 13.8. The number of aliphatic hydroxyl groups excluding tert-OH is 1. The first-order valence-electron chi connectivity index (χ1n) is 7.01. The van der Waals surface area contributed by atoms with Crippen LogP contribution < -0.4 is 5.32 Å². The Morgan fingerprint density at radius 2 is 2.24 bits per heavy atom. The second kappa shape index (κ2) is 7.40. The Morgan fingerprint density at radius 1 is 1.48 bits per heavy atom. The summed E-state index contributed by atoms with van der Waals surface area (Å²) >= 11 is 0. The summed E-state index contributed by atoms with van der Waals surface area (Å²) in [6.07, 6.45) is -0.495. The number of benzene rings is 1. The molecular weight excluding hydrogens is 272 g/mol. The van der Waals surface area contributed by atoms with Crippen LogP contribution in [0.2, 0.25) is 0 Å². The number of morpholine rings is 1. The van der Waals surface area contributed by atoms with Crippen molar-refractivity contribution in [3.63, 3.8) is 0 Å². The molecule has 6 nitrogen and oxygen atoms in total. The monoisotopic (exact) mass is 294 g/mol.